The number of carbonyl (C=O) groups excluding carboxylic acids is 1. The van der Waals surface area contributed by atoms with E-state index < -0.39 is 9.84 Å². The Bertz CT molecular complexity index is 1100. The Morgan fingerprint density at radius 2 is 1.87 bits per heavy atom. The molecule has 1 aromatic carbocycles. The molecular formula is C23H28N2O4S2. The second kappa shape index (κ2) is 7.69. The zero-order valence-electron chi connectivity index (χ0n) is 17.7. The third-order valence-corrected chi connectivity index (χ3v) is 9.82. The molecule has 166 valence electrons. The van der Waals surface area contributed by atoms with Gasteiger partial charge in [0, 0.05) is 17.8 Å². The number of hydrogen-bond acceptors (Lipinski definition) is 6. The highest BCUT2D eigenvalue weighted by atomic mass is 32.2. The highest BCUT2D eigenvalue weighted by molar-refractivity contribution is 7.91. The molecule has 8 heteroatoms. The molecule has 3 heterocycles. The summed E-state index contributed by atoms with van der Waals surface area (Å²) in [5, 5.41) is 6.42. The summed E-state index contributed by atoms with van der Waals surface area (Å²) in [7, 11) is -3.21. The molecule has 1 saturated carbocycles. The summed E-state index contributed by atoms with van der Waals surface area (Å²) in [4.78, 5) is 15.2. The van der Waals surface area contributed by atoms with Crippen LogP contribution in [0.25, 0.3) is 0 Å². The molecule has 0 bridgehead atoms. The molecule has 31 heavy (non-hydrogen) atoms. The van der Waals surface area contributed by atoms with Crippen molar-refractivity contribution in [3.05, 3.63) is 51.2 Å². The summed E-state index contributed by atoms with van der Waals surface area (Å²) in [6.07, 6.45) is 5.05. The lowest BCUT2D eigenvalue weighted by atomic mass is 9.84. The zero-order valence-corrected chi connectivity index (χ0v) is 19.3. The summed E-state index contributed by atoms with van der Waals surface area (Å²) in [5.74, 6) is -0.00658. The average molecular weight is 461 g/mol. The molecule has 1 aromatic heterocycles. The number of benzene rings is 1. The molecule has 2 N–H and O–H groups in total. The summed E-state index contributed by atoms with van der Waals surface area (Å²) in [6.45, 7) is 3.88. The molecule has 2 fully saturated rings. The van der Waals surface area contributed by atoms with Crippen LogP contribution in [0, 0.1) is 0 Å². The standard InChI is InChI=1S/C23H28N2O4S2/c1-2-31(27,28)18-5-3-16(4-6-18)15-25-21(26)19-13-17-14-22(7-8-22)29-23(20(17)30-19)9-11-24-12-10-23/h3-6,13,24H,2,7-12,14-15H2,1H3,(H,25,26). The Labute approximate surface area is 187 Å². The Kier molecular flexibility index (Phi) is 5.24. The van der Waals surface area contributed by atoms with Gasteiger partial charge in [-0.2, -0.15) is 0 Å². The average Bonchev–Trinajstić information content (AvgIpc) is 3.36. The normalized spacial score (nSPS) is 21.1. The first-order chi connectivity index (χ1) is 14.8. The van der Waals surface area contributed by atoms with Crippen LogP contribution in [-0.4, -0.2) is 38.8 Å². The van der Waals surface area contributed by atoms with Crippen molar-refractivity contribution in [2.75, 3.05) is 18.8 Å². The summed E-state index contributed by atoms with van der Waals surface area (Å²) < 4.78 is 30.6. The lowest BCUT2D eigenvalue weighted by molar-refractivity contribution is -0.138. The molecule has 5 rings (SSSR count). The minimum atomic E-state index is -3.21. The molecule has 6 nitrogen and oxygen atoms in total. The quantitative estimate of drug-likeness (QED) is 0.716. The fraction of sp³-hybridized carbons (Fsp3) is 0.522. The van der Waals surface area contributed by atoms with E-state index in [1.54, 1.807) is 42.5 Å². The van der Waals surface area contributed by atoms with Crippen molar-refractivity contribution in [3.8, 4) is 0 Å². The molecule has 1 saturated heterocycles. The van der Waals surface area contributed by atoms with Crippen LogP contribution in [0.4, 0.5) is 0 Å². The van der Waals surface area contributed by atoms with Gasteiger partial charge in [0.2, 0.25) is 0 Å². The van der Waals surface area contributed by atoms with Crippen LogP contribution in [0.5, 0.6) is 0 Å². The first kappa shape index (κ1) is 21.1. The van der Waals surface area contributed by atoms with Gasteiger partial charge in [0.1, 0.15) is 5.60 Å². The minimum absolute atomic E-state index is 0.000267. The maximum atomic E-state index is 12.9. The summed E-state index contributed by atoms with van der Waals surface area (Å²) >= 11 is 1.58. The van der Waals surface area contributed by atoms with Gasteiger partial charge in [0.15, 0.2) is 9.84 Å². The van der Waals surface area contributed by atoms with Gasteiger partial charge >= 0.3 is 0 Å². The van der Waals surface area contributed by atoms with Crippen LogP contribution in [-0.2, 0) is 33.1 Å². The number of piperidine rings is 1. The fourth-order valence-corrected chi connectivity index (χ4v) is 6.89. The van der Waals surface area contributed by atoms with Gasteiger partial charge in [0.25, 0.3) is 5.91 Å². The second-order valence-electron chi connectivity index (χ2n) is 8.90. The molecule has 1 amide bonds. The van der Waals surface area contributed by atoms with Crippen LogP contribution in [0.2, 0.25) is 0 Å². The smallest absolute Gasteiger partial charge is 0.261 e. The van der Waals surface area contributed by atoms with Crippen molar-refractivity contribution < 1.29 is 17.9 Å². The van der Waals surface area contributed by atoms with E-state index >= 15 is 0 Å². The van der Waals surface area contributed by atoms with Crippen molar-refractivity contribution in [1.82, 2.24) is 10.6 Å². The summed E-state index contributed by atoms with van der Waals surface area (Å²) in [6, 6.07) is 8.81. The third kappa shape index (κ3) is 3.95. The van der Waals surface area contributed by atoms with Gasteiger partial charge in [-0.15, -0.1) is 11.3 Å². The summed E-state index contributed by atoms with van der Waals surface area (Å²) in [5.41, 5.74) is 1.92. The van der Waals surface area contributed by atoms with E-state index in [2.05, 4.69) is 16.7 Å². The molecule has 2 spiro atoms. The first-order valence-electron chi connectivity index (χ1n) is 11.0. The minimum Gasteiger partial charge on any atom is -0.363 e. The van der Waals surface area contributed by atoms with Gasteiger partial charge in [-0.25, -0.2) is 8.42 Å². The number of hydrogen-bond donors (Lipinski definition) is 2. The maximum Gasteiger partial charge on any atom is 0.261 e. The maximum absolute atomic E-state index is 12.9. The number of nitrogens with one attached hydrogen (secondary N) is 2. The Morgan fingerprint density at radius 3 is 2.52 bits per heavy atom. The van der Waals surface area contributed by atoms with E-state index in [1.165, 1.54) is 10.4 Å². The van der Waals surface area contributed by atoms with Crippen LogP contribution < -0.4 is 10.6 Å². The Morgan fingerprint density at radius 1 is 1.16 bits per heavy atom. The van der Waals surface area contributed by atoms with Crippen molar-refractivity contribution in [1.29, 1.82) is 0 Å². The molecule has 3 aliphatic rings. The Balaban J connectivity index is 1.31. The number of carbonyl (C=O) groups is 1. The van der Waals surface area contributed by atoms with Gasteiger partial charge in [0.05, 0.1) is 21.1 Å². The van der Waals surface area contributed by atoms with Crippen LogP contribution in [0.3, 0.4) is 0 Å². The molecule has 0 atom stereocenters. The molecule has 0 radical (unpaired) electrons. The predicted molar refractivity (Wildman–Crippen MR) is 120 cm³/mol. The van der Waals surface area contributed by atoms with Gasteiger partial charge in [-0.1, -0.05) is 19.1 Å². The number of ether oxygens (including phenoxy) is 1. The highest BCUT2D eigenvalue weighted by Gasteiger charge is 2.56. The number of thiophene rings is 1. The zero-order chi connectivity index (χ0) is 21.7. The Hall–Kier alpha value is -1.74. The van der Waals surface area contributed by atoms with Gasteiger partial charge < -0.3 is 15.4 Å². The first-order valence-corrected chi connectivity index (χ1v) is 13.5. The molecule has 2 aliphatic heterocycles. The molecule has 0 unspecified atom stereocenters. The topological polar surface area (TPSA) is 84.5 Å². The highest BCUT2D eigenvalue weighted by Crippen LogP contribution is 2.56. The largest absolute Gasteiger partial charge is 0.363 e. The lowest BCUT2D eigenvalue weighted by Gasteiger charge is -2.44. The van der Waals surface area contributed by atoms with E-state index in [9.17, 15) is 13.2 Å². The molecule has 1 aliphatic carbocycles. The van der Waals surface area contributed by atoms with Crippen molar-refractivity contribution in [3.63, 3.8) is 0 Å². The van der Waals surface area contributed by atoms with Crippen molar-refractivity contribution in [2.24, 2.45) is 0 Å². The van der Waals surface area contributed by atoms with Crippen LogP contribution in [0.15, 0.2) is 35.2 Å². The van der Waals surface area contributed by atoms with Crippen molar-refractivity contribution >= 4 is 27.1 Å². The SMILES string of the molecule is CCS(=O)(=O)c1ccc(CNC(=O)c2cc3c(s2)C2(CCNCC2)OC2(CC2)C3)cc1. The third-order valence-electron chi connectivity index (χ3n) is 6.71. The van der Waals surface area contributed by atoms with E-state index in [0.29, 0.717) is 11.4 Å². The van der Waals surface area contributed by atoms with Gasteiger partial charge in [-0.05, 0) is 68.1 Å². The number of rotatable bonds is 5. The number of fused-ring (bicyclic) bond motifs is 2. The predicted octanol–water partition coefficient (Wildman–Crippen LogP) is 3.16. The number of sulfone groups is 1. The lowest BCUT2D eigenvalue weighted by Crippen LogP contribution is -2.47. The fourth-order valence-electron chi connectivity index (χ4n) is 4.73. The van der Waals surface area contributed by atoms with E-state index in [-0.39, 0.29) is 22.9 Å². The van der Waals surface area contributed by atoms with E-state index in [0.717, 1.165) is 55.6 Å². The van der Waals surface area contributed by atoms with E-state index in [4.69, 9.17) is 4.74 Å². The van der Waals surface area contributed by atoms with Crippen LogP contribution >= 0.6 is 11.3 Å². The van der Waals surface area contributed by atoms with Crippen LogP contribution in [0.1, 0.15) is 58.3 Å². The number of amides is 1. The molecule has 2 aromatic rings. The molecular weight excluding hydrogens is 432 g/mol. The van der Waals surface area contributed by atoms with E-state index in [1.807, 2.05) is 0 Å². The second-order valence-corrected chi connectivity index (χ2v) is 12.2. The van der Waals surface area contributed by atoms with Gasteiger partial charge in [-0.3, -0.25) is 4.79 Å². The van der Waals surface area contributed by atoms with Crippen molar-refractivity contribution in [2.45, 2.75) is 61.7 Å². The monoisotopic (exact) mass is 460 g/mol.